The molecule has 0 saturated carbocycles. The average molecular weight is 339 g/mol. The van der Waals surface area contributed by atoms with Crippen LogP contribution in [0, 0.1) is 0 Å². The molecule has 1 N–H and O–H groups in total. The second-order valence-electron chi connectivity index (χ2n) is 5.72. The standard InChI is InChI=1S/C19H21N3O3/c1-22-19(25-3)16-8-7-14(12-17(16)21-22)18(23)20-10-9-13-5-4-6-15(11-13)24-2/h4-8,11-12H,9-10H2,1-3H3,(H,20,23). The lowest BCUT2D eigenvalue weighted by molar-refractivity contribution is 0.0954. The van der Waals surface area contributed by atoms with Gasteiger partial charge < -0.3 is 14.8 Å². The molecule has 0 fully saturated rings. The first-order chi connectivity index (χ1) is 12.1. The number of ether oxygens (including phenoxy) is 2. The van der Waals surface area contributed by atoms with E-state index in [1.807, 2.05) is 37.4 Å². The minimum absolute atomic E-state index is 0.116. The van der Waals surface area contributed by atoms with Gasteiger partial charge in [-0.1, -0.05) is 12.1 Å². The van der Waals surface area contributed by atoms with Crippen LogP contribution in [-0.2, 0) is 13.5 Å². The summed E-state index contributed by atoms with van der Waals surface area (Å²) < 4.78 is 12.2. The normalized spacial score (nSPS) is 10.7. The van der Waals surface area contributed by atoms with E-state index in [2.05, 4.69) is 10.4 Å². The maximum absolute atomic E-state index is 12.4. The van der Waals surface area contributed by atoms with Gasteiger partial charge in [-0.2, -0.15) is 5.10 Å². The number of carbonyl (C=O) groups excluding carboxylic acids is 1. The first kappa shape index (κ1) is 16.8. The summed E-state index contributed by atoms with van der Waals surface area (Å²) in [5.74, 6) is 1.38. The van der Waals surface area contributed by atoms with Gasteiger partial charge in [-0.25, -0.2) is 4.68 Å². The molecule has 0 aliphatic carbocycles. The molecule has 25 heavy (non-hydrogen) atoms. The summed E-state index contributed by atoms with van der Waals surface area (Å²) in [6.07, 6.45) is 0.739. The van der Waals surface area contributed by atoms with Gasteiger partial charge in [0.1, 0.15) is 5.75 Å². The van der Waals surface area contributed by atoms with Crippen molar-refractivity contribution >= 4 is 16.8 Å². The summed E-state index contributed by atoms with van der Waals surface area (Å²) >= 11 is 0. The number of aryl methyl sites for hydroxylation is 1. The Morgan fingerprint density at radius 3 is 2.76 bits per heavy atom. The molecule has 0 unspecified atom stereocenters. The molecule has 1 amide bonds. The first-order valence-corrected chi connectivity index (χ1v) is 8.04. The second-order valence-corrected chi connectivity index (χ2v) is 5.72. The highest BCUT2D eigenvalue weighted by molar-refractivity contribution is 5.98. The topological polar surface area (TPSA) is 65.4 Å². The molecular formula is C19H21N3O3. The summed E-state index contributed by atoms with van der Waals surface area (Å²) in [4.78, 5) is 12.4. The number of carbonyl (C=O) groups is 1. The number of nitrogens with zero attached hydrogens (tertiary/aromatic N) is 2. The van der Waals surface area contributed by atoms with Gasteiger partial charge >= 0.3 is 0 Å². The molecule has 0 atom stereocenters. The van der Waals surface area contributed by atoms with E-state index >= 15 is 0 Å². The summed E-state index contributed by atoms with van der Waals surface area (Å²) in [7, 11) is 5.06. The Morgan fingerprint density at radius 1 is 1.16 bits per heavy atom. The van der Waals surface area contributed by atoms with Crippen LogP contribution in [0.3, 0.4) is 0 Å². The Labute approximate surface area is 146 Å². The van der Waals surface area contributed by atoms with E-state index in [0.717, 1.165) is 28.6 Å². The molecule has 130 valence electrons. The number of benzene rings is 2. The predicted molar refractivity (Wildman–Crippen MR) is 96.3 cm³/mol. The van der Waals surface area contributed by atoms with E-state index in [1.165, 1.54) is 0 Å². The quantitative estimate of drug-likeness (QED) is 0.750. The largest absolute Gasteiger partial charge is 0.497 e. The Hall–Kier alpha value is -3.02. The molecule has 2 aromatic carbocycles. The molecule has 6 heteroatoms. The molecule has 0 saturated heterocycles. The molecule has 0 bridgehead atoms. The number of amides is 1. The molecule has 0 spiro atoms. The monoisotopic (exact) mass is 339 g/mol. The fourth-order valence-electron chi connectivity index (χ4n) is 2.81. The van der Waals surface area contributed by atoms with Crippen LogP contribution in [0.5, 0.6) is 11.6 Å². The van der Waals surface area contributed by atoms with Crippen LogP contribution >= 0.6 is 0 Å². The molecule has 0 radical (unpaired) electrons. The van der Waals surface area contributed by atoms with Crippen molar-refractivity contribution < 1.29 is 14.3 Å². The molecule has 6 nitrogen and oxygen atoms in total. The summed E-state index contributed by atoms with van der Waals surface area (Å²) in [5, 5.41) is 8.20. The summed E-state index contributed by atoms with van der Waals surface area (Å²) in [5.41, 5.74) is 2.43. The predicted octanol–water partition coefficient (Wildman–Crippen LogP) is 2.56. The lowest BCUT2D eigenvalue weighted by Gasteiger charge is -2.07. The van der Waals surface area contributed by atoms with Gasteiger partial charge in [0.2, 0.25) is 5.88 Å². The van der Waals surface area contributed by atoms with Gasteiger partial charge in [0.25, 0.3) is 5.91 Å². The van der Waals surface area contributed by atoms with E-state index in [-0.39, 0.29) is 5.91 Å². The number of hydrogen-bond donors (Lipinski definition) is 1. The Bertz CT molecular complexity index is 902. The zero-order chi connectivity index (χ0) is 17.8. The average Bonchev–Trinajstić information content (AvgIpc) is 2.95. The van der Waals surface area contributed by atoms with Crippen molar-refractivity contribution in [1.29, 1.82) is 0 Å². The van der Waals surface area contributed by atoms with E-state index in [9.17, 15) is 4.79 Å². The molecule has 1 aromatic heterocycles. The van der Waals surface area contributed by atoms with E-state index in [4.69, 9.17) is 9.47 Å². The Kier molecular flexibility index (Phi) is 4.88. The van der Waals surface area contributed by atoms with E-state index < -0.39 is 0 Å². The molecule has 0 aliphatic heterocycles. The summed E-state index contributed by atoms with van der Waals surface area (Å²) in [6, 6.07) is 13.3. The molecule has 3 aromatic rings. The minimum atomic E-state index is -0.116. The third-order valence-electron chi connectivity index (χ3n) is 4.07. The van der Waals surface area contributed by atoms with Crippen molar-refractivity contribution in [2.24, 2.45) is 7.05 Å². The fourth-order valence-corrected chi connectivity index (χ4v) is 2.81. The van der Waals surface area contributed by atoms with Gasteiger partial charge in [-0.3, -0.25) is 4.79 Å². The third-order valence-corrected chi connectivity index (χ3v) is 4.07. The van der Waals surface area contributed by atoms with Gasteiger partial charge in [0, 0.05) is 19.2 Å². The smallest absolute Gasteiger partial charge is 0.251 e. The minimum Gasteiger partial charge on any atom is -0.497 e. The number of methoxy groups -OCH3 is 2. The maximum Gasteiger partial charge on any atom is 0.251 e. The Balaban J connectivity index is 1.65. The first-order valence-electron chi connectivity index (χ1n) is 8.04. The second kappa shape index (κ2) is 7.25. The maximum atomic E-state index is 12.4. The van der Waals surface area contributed by atoms with Crippen molar-refractivity contribution in [2.45, 2.75) is 6.42 Å². The summed E-state index contributed by atoms with van der Waals surface area (Å²) in [6.45, 7) is 0.551. The van der Waals surface area contributed by atoms with Crippen LogP contribution in [0.2, 0.25) is 0 Å². The molecule has 3 rings (SSSR count). The lowest BCUT2D eigenvalue weighted by atomic mass is 10.1. The van der Waals surface area contributed by atoms with E-state index in [1.54, 1.807) is 31.0 Å². The zero-order valence-electron chi connectivity index (χ0n) is 14.6. The van der Waals surface area contributed by atoms with Crippen molar-refractivity contribution in [3.8, 4) is 11.6 Å². The van der Waals surface area contributed by atoms with Crippen LogP contribution in [0.15, 0.2) is 42.5 Å². The number of hydrogen-bond acceptors (Lipinski definition) is 4. The zero-order valence-corrected chi connectivity index (χ0v) is 14.6. The number of rotatable bonds is 6. The Morgan fingerprint density at radius 2 is 2.00 bits per heavy atom. The number of nitrogens with one attached hydrogen (secondary N) is 1. The van der Waals surface area contributed by atoms with Gasteiger partial charge in [0.15, 0.2) is 0 Å². The van der Waals surface area contributed by atoms with Crippen molar-refractivity contribution in [1.82, 2.24) is 15.1 Å². The SMILES string of the molecule is COc1cccc(CCNC(=O)c2ccc3c(OC)n(C)nc3c2)c1. The van der Waals surface area contributed by atoms with Crippen molar-refractivity contribution in [3.63, 3.8) is 0 Å². The van der Waals surface area contributed by atoms with Crippen LogP contribution in [0.4, 0.5) is 0 Å². The number of fused-ring (bicyclic) bond motifs is 1. The van der Waals surface area contributed by atoms with Crippen molar-refractivity contribution in [2.75, 3.05) is 20.8 Å². The molecule has 1 heterocycles. The molecular weight excluding hydrogens is 318 g/mol. The van der Waals surface area contributed by atoms with Crippen LogP contribution in [0.1, 0.15) is 15.9 Å². The van der Waals surface area contributed by atoms with E-state index in [0.29, 0.717) is 18.0 Å². The lowest BCUT2D eigenvalue weighted by Crippen LogP contribution is -2.25. The highest BCUT2D eigenvalue weighted by atomic mass is 16.5. The van der Waals surface area contributed by atoms with Gasteiger partial charge in [-0.05, 0) is 42.3 Å². The highest BCUT2D eigenvalue weighted by Crippen LogP contribution is 2.25. The van der Waals surface area contributed by atoms with Crippen LogP contribution < -0.4 is 14.8 Å². The third kappa shape index (κ3) is 3.57. The van der Waals surface area contributed by atoms with Crippen LogP contribution in [0.25, 0.3) is 10.9 Å². The van der Waals surface area contributed by atoms with Gasteiger partial charge in [-0.15, -0.1) is 0 Å². The highest BCUT2D eigenvalue weighted by Gasteiger charge is 2.12. The van der Waals surface area contributed by atoms with Gasteiger partial charge in [0.05, 0.1) is 25.1 Å². The van der Waals surface area contributed by atoms with Crippen molar-refractivity contribution in [3.05, 3.63) is 53.6 Å². The van der Waals surface area contributed by atoms with Crippen LogP contribution in [-0.4, -0.2) is 36.5 Å². The number of aromatic nitrogens is 2. The fraction of sp³-hybridized carbons (Fsp3) is 0.263. The molecule has 0 aliphatic rings.